The van der Waals surface area contributed by atoms with Gasteiger partial charge in [-0.2, -0.15) is 0 Å². The molecule has 12 heavy (non-hydrogen) atoms. The molecule has 2 aliphatic heterocycles. The van der Waals surface area contributed by atoms with Gasteiger partial charge < -0.3 is 5.32 Å². The fourth-order valence-electron chi connectivity index (χ4n) is 3.19. The van der Waals surface area contributed by atoms with Crippen LogP contribution in [0.3, 0.4) is 0 Å². The summed E-state index contributed by atoms with van der Waals surface area (Å²) in [6, 6.07) is 0. The van der Waals surface area contributed by atoms with Crippen LogP contribution in [0.1, 0.15) is 25.7 Å². The van der Waals surface area contributed by atoms with Gasteiger partial charge in [0.2, 0.25) is 0 Å². The number of nitrogens with one attached hydrogen (secondary N) is 2. The second-order valence-corrected chi connectivity index (χ2v) is 4.37. The van der Waals surface area contributed by atoms with Gasteiger partial charge in [0.05, 0.1) is 5.66 Å². The van der Waals surface area contributed by atoms with Crippen LogP contribution in [0, 0.1) is 11.8 Å². The van der Waals surface area contributed by atoms with Crippen molar-refractivity contribution in [1.29, 1.82) is 0 Å². The summed E-state index contributed by atoms with van der Waals surface area (Å²) in [5.41, 5.74) is 0.303. The lowest BCUT2D eigenvalue weighted by atomic mass is 9.74. The average molecular weight is 164 g/mol. The van der Waals surface area contributed by atoms with Crippen LogP contribution in [0.15, 0.2) is 12.3 Å². The van der Waals surface area contributed by atoms with E-state index in [1.165, 1.54) is 32.2 Å². The summed E-state index contributed by atoms with van der Waals surface area (Å²) in [6.45, 7) is 1.19. The highest BCUT2D eigenvalue weighted by Crippen LogP contribution is 2.43. The van der Waals surface area contributed by atoms with E-state index in [1.807, 2.05) is 0 Å². The van der Waals surface area contributed by atoms with Crippen molar-refractivity contribution in [1.82, 2.24) is 10.6 Å². The van der Waals surface area contributed by atoms with Crippen LogP contribution in [-0.2, 0) is 0 Å². The third-order valence-corrected chi connectivity index (χ3v) is 3.82. The SMILES string of the molecule is C1=CC2CNC3(CCCCC23)N1. The van der Waals surface area contributed by atoms with Gasteiger partial charge in [0, 0.05) is 12.5 Å². The topological polar surface area (TPSA) is 24.1 Å². The van der Waals surface area contributed by atoms with E-state index in [2.05, 4.69) is 22.9 Å². The maximum atomic E-state index is 3.66. The van der Waals surface area contributed by atoms with Gasteiger partial charge >= 0.3 is 0 Å². The zero-order chi connectivity index (χ0) is 8.02. The lowest BCUT2D eigenvalue weighted by molar-refractivity contribution is 0.147. The van der Waals surface area contributed by atoms with Crippen LogP contribution in [-0.4, -0.2) is 12.2 Å². The first-order chi connectivity index (χ1) is 5.91. The lowest BCUT2D eigenvalue weighted by Crippen LogP contribution is -2.57. The summed E-state index contributed by atoms with van der Waals surface area (Å²) in [6.07, 6.45) is 10.0. The molecule has 3 unspecified atom stereocenters. The third kappa shape index (κ3) is 0.738. The van der Waals surface area contributed by atoms with Crippen molar-refractivity contribution in [3.05, 3.63) is 12.3 Å². The Balaban J connectivity index is 1.98. The maximum absolute atomic E-state index is 3.66. The number of hydrogen-bond acceptors (Lipinski definition) is 2. The standard InChI is InChI=1S/C10H16N2/c1-2-5-10-9(3-1)8(7-12-10)4-6-11-10/h4,6,8-9,11-12H,1-3,5,7H2. The van der Waals surface area contributed by atoms with Gasteiger partial charge in [-0.15, -0.1) is 0 Å². The highest BCUT2D eigenvalue weighted by atomic mass is 15.2. The molecule has 3 atom stereocenters. The second-order valence-electron chi connectivity index (χ2n) is 4.37. The van der Waals surface area contributed by atoms with E-state index in [1.54, 1.807) is 0 Å². The van der Waals surface area contributed by atoms with E-state index in [-0.39, 0.29) is 0 Å². The van der Waals surface area contributed by atoms with Gasteiger partial charge in [-0.25, -0.2) is 0 Å². The normalized spacial score (nSPS) is 50.0. The van der Waals surface area contributed by atoms with Crippen molar-refractivity contribution in [3.8, 4) is 0 Å². The molecule has 66 valence electrons. The Morgan fingerprint density at radius 1 is 1.33 bits per heavy atom. The Morgan fingerprint density at radius 3 is 3.25 bits per heavy atom. The van der Waals surface area contributed by atoms with E-state index in [4.69, 9.17) is 0 Å². The Morgan fingerprint density at radius 2 is 2.33 bits per heavy atom. The highest BCUT2D eigenvalue weighted by Gasteiger charge is 2.49. The van der Waals surface area contributed by atoms with E-state index < -0.39 is 0 Å². The molecule has 2 heteroatoms. The molecule has 0 amide bonds. The van der Waals surface area contributed by atoms with Gasteiger partial charge in [-0.05, 0) is 31.4 Å². The molecule has 2 nitrogen and oxygen atoms in total. The van der Waals surface area contributed by atoms with E-state index in [0.29, 0.717) is 5.66 Å². The molecule has 2 bridgehead atoms. The second kappa shape index (κ2) is 2.25. The molecule has 0 spiro atoms. The van der Waals surface area contributed by atoms with Gasteiger partial charge in [0.1, 0.15) is 0 Å². The minimum atomic E-state index is 0.303. The summed E-state index contributed by atoms with van der Waals surface area (Å²) in [7, 11) is 0. The molecule has 0 radical (unpaired) electrons. The van der Waals surface area contributed by atoms with Crippen LogP contribution in [0.25, 0.3) is 0 Å². The molecule has 0 aromatic heterocycles. The molecule has 1 saturated carbocycles. The molecular formula is C10H16N2. The Hall–Kier alpha value is -0.500. The first kappa shape index (κ1) is 6.96. The third-order valence-electron chi connectivity index (χ3n) is 3.82. The van der Waals surface area contributed by atoms with Crippen LogP contribution in [0.4, 0.5) is 0 Å². The van der Waals surface area contributed by atoms with E-state index in [0.717, 1.165) is 11.8 Å². The lowest BCUT2D eigenvalue weighted by Gasteiger charge is -2.43. The maximum Gasteiger partial charge on any atom is 0.0912 e. The van der Waals surface area contributed by atoms with Crippen molar-refractivity contribution >= 4 is 0 Å². The van der Waals surface area contributed by atoms with Gasteiger partial charge in [0.15, 0.2) is 0 Å². The Labute approximate surface area is 73.4 Å². The van der Waals surface area contributed by atoms with Crippen molar-refractivity contribution < 1.29 is 0 Å². The zero-order valence-corrected chi connectivity index (χ0v) is 7.34. The van der Waals surface area contributed by atoms with Crippen molar-refractivity contribution in [3.63, 3.8) is 0 Å². The monoisotopic (exact) mass is 164 g/mol. The molecule has 0 aromatic carbocycles. The predicted molar refractivity (Wildman–Crippen MR) is 48.5 cm³/mol. The molecule has 2 heterocycles. The summed E-state index contributed by atoms with van der Waals surface area (Å²) in [5.74, 6) is 1.68. The molecule has 1 saturated heterocycles. The van der Waals surface area contributed by atoms with E-state index in [9.17, 15) is 0 Å². The molecule has 2 fully saturated rings. The van der Waals surface area contributed by atoms with Crippen LogP contribution in [0.5, 0.6) is 0 Å². The summed E-state index contributed by atoms with van der Waals surface area (Å²) < 4.78 is 0. The fraction of sp³-hybridized carbons (Fsp3) is 0.800. The minimum Gasteiger partial charge on any atom is -0.373 e. The summed E-state index contributed by atoms with van der Waals surface area (Å²) in [5, 5.41) is 7.19. The zero-order valence-electron chi connectivity index (χ0n) is 7.34. The average Bonchev–Trinajstić information content (AvgIpc) is 2.35. The van der Waals surface area contributed by atoms with Gasteiger partial charge in [-0.1, -0.05) is 12.5 Å². The Bertz CT molecular complexity index is 224. The molecule has 1 aliphatic carbocycles. The van der Waals surface area contributed by atoms with Crippen LogP contribution < -0.4 is 10.6 Å². The number of rotatable bonds is 0. The largest absolute Gasteiger partial charge is 0.373 e. The molecule has 2 N–H and O–H groups in total. The van der Waals surface area contributed by atoms with Crippen LogP contribution >= 0.6 is 0 Å². The van der Waals surface area contributed by atoms with Crippen molar-refractivity contribution in [2.75, 3.05) is 6.54 Å². The summed E-state index contributed by atoms with van der Waals surface area (Å²) >= 11 is 0. The first-order valence-electron chi connectivity index (χ1n) is 5.10. The highest BCUT2D eigenvalue weighted by molar-refractivity contribution is 5.15. The summed E-state index contributed by atoms with van der Waals surface area (Å²) in [4.78, 5) is 0. The molecule has 0 aromatic rings. The van der Waals surface area contributed by atoms with Crippen molar-refractivity contribution in [2.45, 2.75) is 31.3 Å². The minimum absolute atomic E-state index is 0.303. The van der Waals surface area contributed by atoms with Crippen molar-refractivity contribution in [2.24, 2.45) is 11.8 Å². The smallest absolute Gasteiger partial charge is 0.0912 e. The fourth-order valence-corrected chi connectivity index (χ4v) is 3.19. The van der Waals surface area contributed by atoms with Gasteiger partial charge in [-0.3, -0.25) is 5.32 Å². The Kier molecular flexibility index (Phi) is 1.31. The quantitative estimate of drug-likeness (QED) is 0.562. The molecule has 3 rings (SSSR count). The van der Waals surface area contributed by atoms with E-state index >= 15 is 0 Å². The number of hydrogen-bond donors (Lipinski definition) is 2. The van der Waals surface area contributed by atoms with Gasteiger partial charge in [0.25, 0.3) is 0 Å². The first-order valence-corrected chi connectivity index (χ1v) is 5.10. The molecule has 3 aliphatic rings. The molecular weight excluding hydrogens is 148 g/mol. The predicted octanol–water partition coefficient (Wildman–Crippen LogP) is 1.21. The van der Waals surface area contributed by atoms with Crippen LogP contribution in [0.2, 0.25) is 0 Å².